The predicted molar refractivity (Wildman–Crippen MR) is 65.8 cm³/mol. The van der Waals surface area contributed by atoms with Crippen LogP contribution in [0.3, 0.4) is 0 Å². The zero-order valence-corrected chi connectivity index (χ0v) is 10.6. The van der Waals surface area contributed by atoms with Crippen molar-refractivity contribution in [2.24, 2.45) is 7.05 Å². The van der Waals surface area contributed by atoms with Crippen LogP contribution in [0.15, 0.2) is 24.3 Å². The normalized spacial score (nSPS) is 10.1. The Hall–Kier alpha value is -1.44. The van der Waals surface area contributed by atoms with E-state index in [9.17, 15) is 4.79 Å². The highest BCUT2D eigenvalue weighted by Crippen LogP contribution is 2.26. The maximum Gasteiger partial charge on any atom is 0.299 e. The second-order valence-electron chi connectivity index (χ2n) is 3.09. The predicted octanol–water partition coefficient (Wildman–Crippen LogP) is 1.62. The van der Waals surface area contributed by atoms with Crippen LogP contribution in [0.1, 0.15) is 0 Å². The van der Waals surface area contributed by atoms with E-state index in [1.807, 2.05) is 24.3 Å². The minimum atomic E-state index is 0.344. The Bertz CT molecular complexity index is 507. The first kappa shape index (κ1) is 11.1. The van der Waals surface area contributed by atoms with Crippen molar-refractivity contribution < 1.29 is 9.53 Å². The van der Waals surface area contributed by atoms with Crippen LogP contribution < -0.4 is 4.74 Å². The summed E-state index contributed by atoms with van der Waals surface area (Å²) in [6.07, 6.45) is 0. The van der Waals surface area contributed by atoms with Gasteiger partial charge in [0.2, 0.25) is 5.88 Å². The minimum absolute atomic E-state index is 0.344. The summed E-state index contributed by atoms with van der Waals surface area (Å²) in [6, 6.07) is 7.72. The highest BCUT2D eigenvalue weighted by Gasteiger charge is 2.13. The lowest BCUT2D eigenvalue weighted by molar-refractivity contribution is -0.121. The van der Waals surface area contributed by atoms with E-state index in [4.69, 9.17) is 4.74 Å². The molecule has 1 aromatic heterocycles. The number of rotatable bonds is 3. The molecule has 1 aromatic carbocycles. The molecule has 0 aliphatic rings. The summed E-state index contributed by atoms with van der Waals surface area (Å²) in [5, 5.41) is 7.78. The Kier molecular flexibility index (Phi) is 3.18. The van der Waals surface area contributed by atoms with Gasteiger partial charge in [-0.1, -0.05) is 17.3 Å². The van der Waals surface area contributed by atoms with Gasteiger partial charge >= 0.3 is 0 Å². The van der Waals surface area contributed by atoms with Gasteiger partial charge in [-0.05, 0) is 34.7 Å². The van der Waals surface area contributed by atoms with Crippen LogP contribution in [0.25, 0.3) is 11.3 Å². The molecule has 6 heteroatoms. The van der Waals surface area contributed by atoms with Gasteiger partial charge in [-0.3, -0.25) is 4.79 Å². The highest BCUT2D eigenvalue weighted by atomic mass is 127. The van der Waals surface area contributed by atoms with Crippen LogP contribution in [-0.4, -0.2) is 21.5 Å². The minimum Gasteiger partial charge on any atom is -0.407 e. The first-order valence-corrected chi connectivity index (χ1v) is 5.56. The monoisotopic (exact) mass is 329 g/mol. The molecule has 0 unspecified atom stereocenters. The van der Waals surface area contributed by atoms with Crippen molar-refractivity contribution in [3.8, 4) is 17.1 Å². The molecule has 0 spiro atoms. The molecule has 16 heavy (non-hydrogen) atoms. The highest BCUT2D eigenvalue weighted by molar-refractivity contribution is 14.1. The van der Waals surface area contributed by atoms with Gasteiger partial charge in [0.25, 0.3) is 6.47 Å². The molecular formula is C10H8IN3O2. The molecule has 0 fully saturated rings. The fourth-order valence-electron chi connectivity index (χ4n) is 1.32. The number of aromatic nitrogens is 3. The molecular weight excluding hydrogens is 321 g/mol. The lowest BCUT2D eigenvalue weighted by Crippen LogP contribution is -1.98. The number of hydrogen-bond donors (Lipinski definition) is 0. The third kappa shape index (κ3) is 2.06. The fourth-order valence-corrected chi connectivity index (χ4v) is 1.67. The molecule has 0 saturated carbocycles. The van der Waals surface area contributed by atoms with Crippen molar-refractivity contribution in [3.63, 3.8) is 0 Å². The summed E-state index contributed by atoms with van der Waals surface area (Å²) in [5.74, 6) is 0.344. The third-order valence-corrected chi connectivity index (χ3v) is 2.77. The van der Waals surface area contributed by atoms with Gasteiger partial charge in [0.1, 0.15) is 0 Å². The molecule has 0 radical (unpaired) electrons. The zero-order valence-electron chi connectivity index (χ0n) is 8.42. The quantitative estimate of drug-likeness (QED) is 0.634. The summed E-state index contributed by atoms with van der Waals surface area (Å²) in [6.45, 7) is 0.370. The van der Waals surface area contributed by atoms with E-state index in [0.29, 0.717) is 18.0 Å². The van der Waals surface area contributed by atoms with Gasteiger partial charge in [0, 0.05) is 16.2 Å². The van der Waals surface area contributed by atoms with Gasteiger partial charge in [-0.25, -0.2) is 4.68 Å². The fraction of sp³-hybridized carbons (Fsp3) is 0.100. The van der Waals surface area contributed by atoms with Gasteiger partial charge in [-0.15, -0.1) is 5.10 Å². The smallest absolute Gasteiger partial charge is 0.299 e. The molecule has 2 aromatic rings. The molecule has 0 amide bonds. The zero-order chi connectivity index (χ0) is 11.5. The van der Waals surface area contributed by atoms with Crippen LogP contribution >= 0.6 is 22.6 Å². The number of benzene rings is 1. The summed E-state index contributed by atoms with van der Waals surface area (Å²) < 4.78 is 7.39. The Morgan fingerprint density at radius 1 is 1.38 bits per heavy atom. The molecule has 0 N–H and O–H groups in total. The van der Waals surface area contributed by atoms with Gasteiger partial charge < -0.3 is 4.74 Å². The number of hydrogen-bond acceptors (Lipinski definition) is 4. The van der Waals surface area contributed by atoms with Crippen molar-refractivity contribution in [1.29, 1.82) is 0 Å². The van der Waals surface area contributed by atoms with E-state index in [1.165, 1.54) is 4.68 Å². The average Bonchev–Trinajstić information content (AvgIpc) is 2.63. The van der Waals surface area contributed by atoms with Crippen LogP contribution in [-0.2, 0) is 11.8 Å². The van der Waals surface area contributed by atoms with Crippen molar-refractivity contribution in [2.45, 2.75) is 0 Å². The molecule has 82 valence electrons. The molecule has 1 heterocycles. The largest absolute Gasteiger partial charge is 0.407 e. The van der Waals surface area contributed by atoms with Gasteiger partial charge in [-0.2, -0.15) is 0 Å². The first-order chi connectivity index (χ1) is 7.72. The summed E-state index contributed by atoms with van der Waals surface area (Å²) in [4.78, 5) is 10.4. The van der Waals surface area contributed by atoms with E-state index in [1.54, 1.807) is 7.05 Å². The maximum atomic E-state index is 10.4. The van der Waals surface area contributed by atoms with Crippen molar-refractivity contribution >= 4 is 29.1 Å². The van der Waals surface area contributed by atoms with Crippen molar-refractivity contribution in [1.82, 2.24) is 15.0 Å². The standard InChI is InChI=1S/C10H8IN3O2/c1-14-10(16-6-15)9(12-13-14)7-2-4-8(11)5-3-7/h2-6H,1H3. The lowest BCUT2D eigenvalue weighted by atomic mass is 10.2. The number of halogens is 1. The Labute approximate surface area is 106 Å². The average molecular weight is 329 g/mol. The molecule has 0 atom stereocenters. The maximum absolute atomic E-state index is 10.4. The summed E-state index contributed by atoms with van der Waals surface area (Å²) >= 11 is 2.22. The second kappa shape index (κ2) is 4.60. The number of carbonyl (C=O) groups is 1. The Morgan fingerprint density at radius 3 is 2.69 bits per heavy atom. The Morgan fingerprint density at radius 2 is 2.06 bits per heavy atom. The van der Waals surface area contributed by atoms with Crippen LogP contribution in [0.4, 0.5) is 0 Å². The molecule has 2 rings (SSSR count). The molecule has 0 saturated heterocycles. The van der Waals surface area contributed by atoms with Gasteiger partial charge in [0.05, 0.1) is 0 Å². The summed E-state index contributed by atoms with van der Waals surface area (Å²) in [5.41, 5.74) is 1.43. The van der Waals surface area contributed by atoms with E-state index in [0.717, 1.165) is 9.13 Å². The van der Waals surface area contributed by atoms with Crippen LogP contribution in [0, 0.1) is 3.57 Å². The van der Waals surface area contributed by atoms with E-state index in [-0.39, 0.29) is 0 Å². The number of carbonyl (C=O) groups excluding carboxylic acids is 1. The first-order valence-electron chi connectivity index (χ1n) is 4.48. The number of aryl methyl sites for hydroxylation is 1. The van der Waals surface area contributed by atoms with E-state index >= 15 is 0 Å². The van der Waals surface area contributed by atoms with Crippen LogP contribution in [0.5, 0.6) is 5.88 Å². The summed E-state index contributed by atoms with van der Waals surface area (Å²) in [7, 11) is 1.67. The molecule has 0 aliphatic carbocycles. The second-order valence-corrected chi connectivity index (χ2v) is 4.33. The van der Waals surface area contributed by atoms with Crippen molar-refractivity contribution in [2.75, 3.05) is 0 Å². The number of nitrogens with zero attached hydrogens (tertiary/aromatic N) is 3. The SMILES string of the molecule is Cn1nnc(-c2ccc(I)cc2)c1OC=O. The van der Waals surface area contributed by atoms with E-state index < -0.39 is 0 Å². The topological polar surface area (TPSA) is 57.0 Å². The van der Waals surface area contributed by atoms with E-state index in [2.05, 4.69) is 32.9 Å². The van der Waals surface area contributed by atoms with Crippen LogP contribution in [0.2, 0.25) is 0 Å². The molecule has 0 bridgehead atoms. The van der Waals surface area contributed by atoms with Gasteiger partial charge in [0.15, 0.2) is 5.69 Å². The molecule has 5 nitrogen and oxygen atoms in total. The lowest BCUT2D eigenvalue weighted by Gasteiger charge is -2.01. The van der Waals surface area contributed by atoms with Crippen molar-refractivity contribution in [3.05, 3.63) is 27.8 Å². The Balaban J connectivity index is 2.47. The number of ether oxygens (including phenoxy) is 1. The third-order valence-electron chi connectivity index (χ3n) is 2.05. The molecule has 0 aliphatic heterocycles.